The van der Waals surface area contributed by atoms with E-state index in [2.05, 4.69) is 118 Å². The second-order valence-electron chi connectivity index (χ2n) is 19.8. The molecular formula is C66H112O6. The second kappa shape index (κ2) is 59.9. The Labute approximate surface area is 445 Å². The molecule has 0 spiro atoms. The summed E-state index contributed by atoms with van der Waals surface area (Å²) < 4.78 is 16.9. The summed E-state index contributed by atoms with van der Waals surface area (Å²) in [4.78, 5) is 38.3. The lowest BCUT2D eigenvalue weighted by atomic mass is 10.1. The molecule has 0 amide bonds. The number of ether oxygens (including phenoxy) is 3. The Kier molecular flexibility index (Phi) is 56.8. The molecule has 6 heteroatoms. The van der Waals surface area contributed by atoms with E-state index in [-0.39, 0.29) is 31.1 Å². The first kappa shape index (κ1) is 68.3. The molecule has 0 saturated carbocycles. The van der Waals surface area contributed by atoms with Gasteiger partial charge in [0.2, 0.25) is 0 Å². The minimum absolute atomic E-state index is 0.0883. The fourth-order valence-corrected chi connectivity index (χ4v) is 8.33. The van der Waals surface area contributed by atoms with E-state index in [9.17, 15) is 14.4 Å². The van der Waals surface area contributed by atoms with Gasteiger partial charge < -0.3 is 14.2 Å². The summed E-state index contributed by atoms with van der Waals surface area (Å²) in [6.45, 7) is 6.41. The van der Waals surface area contributed by atoms with Crippen LogP contribution in [0.5, 0.6) is 0 Å². The molecule has 72 heavy (non-hydrogen) atoms. The molecule has 1 atom stereocenters. The summed E-state index contributed by atoms with van der Waals surface area (Å²) in [6, 6.07) is 0. The van der Waals surface area contributed by atoms with E-state index in [0.717, 1.165) is 122 Å². The smallest absolute Gasteiger partial charge is 0.306 e. The Bertz CT molecular complexity index is 1430. The SMILES string of the molecule is CC/C=C\C/C=C\C/C=C\C/C=C\CCCCCCCCCCC(=O)OCC(COC(=O)CCCCCCC/C=C\CCCCCCCCC)OC(=O)CCCCCCCCC/C=C\C/C=C\C/C=C\CC. The van der Waals surface area contributed by atoms with E-state index in [1.165, 1.54) is 122 Å². The highest BCUT2D eigenvalue weighted by Crippen LogP contribution is 2.15. The topological polar surface area (TPSA) is 78.9 Å². The Morgan fingerprint density at radius 3 is 0.861 bits per heavy atom. The molecule has 0 aliphatic rings. The van der Waals surface area contributed by atoms with Crippen molar-refractivity contribution in [2.24, 2.45) is 0 Å². The average Bonchev–Trinajstić information content (AvgIpc) is 3.38. The van der Waals surface area contributed by atoms with Gasteiger partial charge in [-0.05, 0) is 116 Å². The van der Waals surface area contributed by atoms with Crippen molar-refractivity contribution >= 4 is 17.9 Å². The maximum absolute atomic E-state index is 12.9. The fourth-order valence-electron chi connectivity index (χ4n) is 8.33. The predicted octanol–water partition coefficient (Wildman–Crippen LogP) is 20.5. The van der Waals surface area contributed by atoms with Crippen molar-refractivity contribution in [3.05, 3.63) is 97.2 Å². The lowest BCUT2D eigenvalue weighted by Gasteiger charge is -2.18. The number of hydrogen-bond donors (Lipinski definition) is 0. The molecule has 0 heterocycles. The van der Waals surface area contributed by atoms with Crippen LogP contribution in [0.15, 0.2) is 97.2 Å². The Morgan fingerprint density at radius 2 is 0.542 bits per heavy atom. The molecule has 412 valence electrons. The number of rotatable bonds is 54. The van der Waals surface area contributed by atoms with Gasteiger partial charge in [0, 0.05) is 19.3 Å². The number of carbonyl (C=O) groups excluding carboxylic acids is 3. The lowest BCUT2D eigenvalue weighted by molar-refractivity contribution is -0.167. The van der Waals surface area contributed by atoms with Gasteiger partial charge in [-0.3, -0.25) is 14.4 Å². The van der Waals surface area contributed by atoms with Gasteiger partial charge in [-0.15, -0.1) is 0 Å². The maximum Gasteiger partial charge on any atom is 0.306 e. The number of esters is 3. The van der Waals surface area contributed by atoms with Gasteiger partial charge >= 0.3 is 17.9 Å². The van der Waals surface area contributed by atoms with Gasteiger partial charge in [0.25, 0.3) is 0 Å². The third kappa shape index (κ3) is 57.2. The van der Waals surface area contributed by atoms with Gasteiger partial charge in [-0.1, -0.05) is 246 Å². The van der Waals surface area contributed by atoms with E-state index < -0.39 is 6.10 Å². The van der Waals surface area contributed by atoms with Crippen molar-refractivity contribution in [3.8, 4) is 0 Å². The molecule has 0 radical (unpaired) electrons. The highest BCUT2D eigenvalue weighted by molar-refractivity contribution is 5.71. The van der Waals surface area contributed by atoms with Crippen LogP contribution in [-0.4, -0.2) is 37.2 Å². The molecule has 0 rings (SSSR count). The van der Waals surface area contributed by atoms with Crippen LogP contribution in [0.25, 0.3) is 0 Å². The van der Waals surface area contributed by atoms with E-state index in [0.29, 0.717) is 19.3 Å². The van der Waals surface area contributed by atoms with E-state index in [1.54, 1.807) is 0 Å². The monoisotopic (exact) mass is 1000 g/mol. The molecule has 1 unspecified atom stereocenters. The van der Waals surface area contributed by atoms with E-state index >= 15 is 0 Å². The second-order valence-corrected chi connectivity index (χ2v) is 19.8. The van der Waals surface area contributed by atoms with Crippen LogP contribution in [0, 0.1) is 0 Å². The third-order valence-corrected chi connectivity index (χ3v) is 12.8. The number of unbranched alkanes of at least 4 members (excludes halogenated alkanes) is 27. The van der Waals surface area contributed by atoms with Crippen molar-refractivity contribution in [2.45, 2.75) is 290 Å². The minimum Gasteiger partial charge on any atom is -0.462 e. The van der Waals surface area contributed by atoms with Crippen LogP contribution in [0.1, 0.15) is 284 Å². The minimum atomic E-state index is -0.792. The molecule has 0 aromatic heterocycles. The zero-order valence-electron chi connectivity index (χ0n) is 47.2. The summed E-state index contributed by atoms with van der Waals surface area (Å²) in [7, 11) is 0. The summed E-state index contributed by atoms with van der Waals surface area (Å²) in [5.41, 5.74) is 0. The Morgan fingerprint density at radius 1 is 0.292 bits per heavy atom. The quantitative estimate of drug-likeness (QED) is 0.0261. The van der Waals surface area contributed by atoms with Gasteiger partial charge in [0.1, 0.15) is 13.2 Å². The predicted molar refractivity (Wildman–Crippen MR) is 311 cm³/mol. The molecule has 0 fully saturated rings. The molecule has 6 nitrogen and oxygen atoms in total. The van der Waals surface area contributed by atoms with Crippen molar-refractivity contribution in [2.75, 3.05) is 13.2 Å². The number of carbonyl (C=O) groups is 3. The highest BCUT2D eigenvalue weighted by atomic mass is 16.6. The van der Waals surface area contributed by atoms with Crippen LogP contribution >= 0.6 is 0 Å². The summed E-state index contributed by atoms with van der Waals surface area (Å²) in [5, 5.41) is 0. The number of allylic oxidation sites excluding steroid dienone is 16. The molecule has 0 bridgehead atoms. The van der Waals surface area contributed by atoms with Crippen molar-refractivity contribution in [1.29, 1.82) is 0 Å². The van der Waals surface area contributed by atoms with Crippen LogP contribution in [-0.2, 0) is 28.6 Å². The Hall–Kier alpha value is -3.67. The Balaban J connectivity index is 4.41. The maximum atomic E-state index is 12.9. The van der Waals surface area contributed by atoms with E-state index in [4.69, 9.17) is 14.2 Å². The molecule has 0 aromatic carbocycles. The first-order chi connectivity index (χ1) is 35.5. The van der Waals surface area contributed by atoms with Crippen molar-refractivity contribution in [1.82, 2.24) is 0 Å². The van der Waals surface area contributed by atoms with Crippen LogP contribution in [0.3, 0.4) is 0 Å². The first-order valence-electron chi connectivity index (χ1n) is 30.2. The highest BCUT2D eigenvalue weighted by Gasteiger charge is 2.19. The van der Waals surface area contributed by atoms with Gasteiger partial charge in [-0.2, -0.15) is 0 Å². The molecule has 0 aliphatic heterocycles. The molecule has 0 N–H and O–H groups in total. The summed E-state index contributed by atoms with van der Waals surface area (Å²) in [5.74, 6) is -0.907. The summed E-state index contributed by atoms with van der Waals surface area (Å²) >= 11 is 0. The fraction of sp³-hybridized carbons (Fsp3) is 0.712. The number of hydrogen-bond acceptors (Lipinski definition) is 6. The third-order valence-electron chi connectivity index (χ3n) is 12.8. The van der Waals surface area contributed by atoms with Gasteiger partial charge in [0.05, 0.1) is 0 Å². The average molecular weight is 1000 g/mol. The molecule has 0 aromatic rings. The largest absolute Gasteiger partial charge is 0.462 e. The molecule has 0 aliphatic carbocycles. The zero-order valence-corrected chi connectivity index (χ0v) is 47.2. The van der Waals surface area contributed by atoms with Gasteiger partial charge in [-0.25, -0.2) is 0 Å². The molecular weight excluding hydrogens is 889 g/mol. The van der Waals surface area contributed by atoms with Crippen LogP contribution < -0.4 is 0 Å². The zero-order chi connectivity index (χ0) is 52.2. The standard InChI is InChI=1S/C66H112O6/c1-4-7-10-13-16-19-22-25-28-31-32-33-34-36-38-41-44-47-50-53-56-59-65(68)71-62-63(61-70-64(67)58-55-52-49-46-43-40-37-30-27-24-21-18-15-12-9-6-3)72-66(69)60-57-54-51-48-45-42-39-35-29-26-23-20-17-14-11-8-5-2/h7-8,10-11,16-17,19-20,25-26,28-30,32-33,37,63H,4-6,9,12-15,18,21-24,27,31,34-36,38-62H2,1-3H3/b10-7-,11-8-,19-16-,20-17-,28-25-,29-26-,33-32-,37-30-. The molecule has 0 saturated heterocycles. The van der Waals surface area contributed by atoms with Crippen molar-refractivity contribution in [3.63, 3.8) is 0 Å². The van der Waals surface area contributed by atoms with Crippen LogP contribution in [0.2, 0.25) is 0 Å². The summed E-state index contributed by atoms with van der Waals surface area (Å²) in [6.07, 6.45) is 79.7. The lowest BCUT2D eigenvalue weighted by Crippen LogP contribution is -2.30. The van der Waals surface area contributed by atoms with E-state index in [1.807, 2.05) is 0 Å². The normalized spacial score (nSPS) is 12.8. The van der Waals surface area contributed by atoms with Crippen molar-refractivity contribution < 1.29 is 28.6 Å². The van der Waals surface area contributed by atoms with Crippen LogP contribution in [0.4, 0.5) is 0 Å². The first-order valence-corrected chi connectivity index (χ1v) is 30.2. The van der Waals surface area contributed by atoms with Gasteiger partial charge in [0.15, 0.2) is 6.10 Å².